The van der Waals surface area contributed by atoms with Gasteiger partial charge in [-0.3, -0.25) is 0 Å². The number of rotatable bonds is 6. The van der Waals surface area contributed by atoms with Crippen molar-refractivity contribution in [1.82, 2.24) is 4.72 Å². The summed E-state index contributed by atoms with van der Waals surface area (Å²) in [4.78, 5) is 0.770. The average Bonchev–Trinajstić information content (AvgIpc) is 2.68. The molecule has 1 aliphatic rings. The summed E-state index contributed by atoms with van der Waals surface area (Å²) in [5.41, 5.74) is -0.234. The van der Waals surface area contributed by atoms with Crippen molar-refractivity contribution in [1.29, 1.82) is 0 Å². The molecule has 0 bridgehead atoms. The molecule has 9 heteroatoms. The van der Waals surface area contributed by atoms with Crippen LogP contribution in [0.25, 0.3) is 0 Å². The van der Waals surface area contributed by atoms with E-state index in [-0.39, 0.29) is 0 Å². The number of hydrogen-bond acceptors (Lipinski definition) is 3. The largest absolute Gasteiger partial charge is 0.416 e. The monoisotopic (exact) mass is 415 g/mol. The first-order chi connectivity index (χ1) is 13.3. The van der Waals surface area contributed by atoms with E-state index in [1.165, 1.54) is 11.0 Å². The molecule has 152 valence electrons. The zero-order chi connectivity index (χ0) is 20.2. The number of alkyl halides is 3. The number of sulfonamides is 1. The van der Waals surface area contributed by atoms with Gasteiger partial charge in [0.2, 0.25) is 10.0 Å². The van der Waals surface area contributed by atoms with Gasteiger partial charge in [-0.2, -0.15) is 17.9 Å². The smallest absolute Gasteiger partial charge is 0.370 e. The van der Waals surface area contributed by atoms with Gasteiger partial charge in [-0.25, -0.2) is 8.42 Å². The summed E-state index contributed by atoms with van der Waals surface area (Å²) in [5.74, 6) is 0. The predicted octanol–water partition coefficient (Wildman–Crippen LogP) is 1.64. The summed E-state index contributed by atoms with van der Waals surface area (Å²) in [7, 11) is -4.14. The molecule has 2 aromatic rings. The molecule has 0 aliphatic carbocycles. The Balaban J connectivity index is 1.86. The lowest BCUT2D eigenvalue weighted by Gasteiger charge is -2.28. The van der Waals surface area contributed by atoms with Gasteiger partial charge in [-0.05, 0) is 23.8 Å². The second-order valence-electron chi connectivity index (χ2n) is 6.68. The van der Waals surface area contributed by atoms with Crippen LogP contribution in [0.2, 0.25) is 0 Å². The summed E-state index contributed by atoms with van der Waals surface area (Å²) in [5, 5.41) is 0. The van der Waals surface area contributed by atoms with Crippen LogP contribution in [0.15, 0.2) is 59.5 Å². The Kier molecular flexibility index (Phi) is 6.39. The van der Waals surface area contributed by atoms with Crippen molar-refractivity contribution < 1.29 is 31.2 Å². The van der Waals surface area contributed by atoms with Crippen LogP contribution >= 0.6 is 0 Å². The Bertz CT molecular complexity index is 883. The van der Waals surface area contributed by atoms with Crippen LogP contribution in [0.1, 0.15) is 17.2 Å². The second-order valence-corrected chi connectivity index (χ2v) is 8.39. The molecule has 0 amide bonds. The fourth-order valence-electron chi connectivity index (χ4n) is 3.16. The highest BCUT2D eigenvalue weighted by Crippen LogP contribution is 2.30. The number of quaternary nitrogens is 1. The summed E-state index contributed by atoms with van der Waals surface area (Å²) in [6.07, 6.45) is -4.61. The fraction of sp³-hybridized carbons (Fsp3) is 0.368. The van der Waals surface area contributed by atoms with Crippen LogP contribution < -0.4 is 9.62 Å². The SMILES string of the molecule is O=S(=O)(N[C@@H](C[NH+]1CCOCC1)c1ccccc1)c1cccc(C(F)(F)F)c1. The van der Waals surface area contributed by atoms with E-state index >= 15 is 0 Å². The van der Waals surface area contributed by atoms with Crippen LogP contribution in [-0.4, -0.2) is 41.3 Å². The molecule has 2 aromatic carbocycles. The fourth-order valence-corrected chi connectivity index (χ4v) is 4.43. The number of morpholine rings is 1. The lowest BCUT2D eigenvalue weighted by atomic mass is 10.1. The zero-order valence-electron chi connectivity index (χ0n) is 15.1. The van der Waals surface area contributed by atoms with Crippen molar-refractivity contribution in [3.05, 3.63) is 65.7 Å². The lowest BCUT2D eigenvalue weighted by Crippen LogP contribution is -3.14. The molecule has 0 saturated carbocycles. The molecule has 3 rings (SSSR count). The van der Waals surface area contributed by atoms with Crippen molar-refractivity contribution in [3.8, 4) is 0 Å². The minimum atomic E-state index is -4.61. The van der Waals surface area contributed by atoms with Gasteiger partial charge in [-0.1, -0.05) is 36.4 Å². The lowest BCUT2D eigenvalue weighted by molar-refractivity contribution is -0.909. The summed E-state index contributed by atoms with van der Waals surface area (Å²) in [6, 6.07) is 12.3. The Morgan fingerprint density at radius 3 is 2.36 bits per heavy atom. The first kappa shape index (κ1) is 20.8. The summed E-state index contributed by atoms with van der Waals surface area (Å²) >= 11 is 0. The molecular weight excluding hydrogens is 393 g/mol. The molecular formula is C19H22F3N2O3S+. The molecule has 1 fully saturated rings. The van der Waals surface area contributed by atoms with Gasteiger partial charge in [0.15, 0.2) is 0 Å². The van der Waals surface area contributed by atoms with Gasteiger partial charge in [-0.15, -0.1) is 0 Å². The Labute approximate surface area is 162 Å². The molecule has 0 aromatic heterocycles. The Morgan fingerprint density at radius 2 is 1.71 bits per heavy atom. The minimum absolute atomic E-state index is 0.403. The molecule has 1 aliphatic heterocycles. The molecule has 0 unspecified atom stereocenters. The highest BCUT2D eigenvalue weighted by Gasteiger charge is 2.32. The van der Waals surface area contributed by atoms with Crippen molar-refractivity contribution in [3.63, 3.8) is 0 Å². The van der Waals surface area contributed by atoms with Crippen molar-refractivity contribution in [2.24, 2.45) is 0 Å². The number of hydrogen-bond donors (Lipinski definition) is 2. The van der Waals surface area contributed by atoms with Crippen LogP contribution in [0.3, 0.4) is 0 Å². The molecule has 5 nitrogen and oxygen atoms in total. The third kappa shape index (κ3) is 5.32. The molecule has 1 heterocycles. The number of benzene rings is 2. The van der Waals surface area contributed by atoms with Crippen molar-refractivity contribution in [2.75, 3.05) is 32.8 Å². The maximum atomic E-state index is 13.0. The Hall–Kier alpha value is -1.94. The minimum Gasteiger partial charge on any atom is -0.370 e. The van der Waals surface area contributed by atoms with E-state index in [2.05, 4.69) is 4.72 Å². The molecule has 1 atom stereocenters. The third-order valence-corrected chi connectivity index (χ3v) is 6.13. The van der Waals surface area contributed by atoms with E-state index in [9.17, 15) is 21.6 Å². The Morgan fingerprint density at radius 1 is 1.04 bits per heavy atom. The first-order valence-corrected chi connectivity index (χ1v) is 10.4. The molecule has 1 saturated heterocycles. The van der Waals surface area contributed by atoms with Gasteiger partial charge in [0.05, 0.1) is 36.3 Å². The van der Waals surface area contributed by atoms with Gasteiger partial charge >= 0.3 is 6.18 Å². The topological polar surface area (TPSA) is 59.8 Å². The van der Waals surface area contributed by atoms with E-state index in [4.69, 9.17) is 4.74 Å². The number of nitrogens with one attached hydrogen (secondary N) is 2. The van der Waals surface area contributed by atoms with Crippen LogP contribution in [0.5, 0.6) is 0 Å². The van der Waals surface area contributed by atoms with E-state index in [0.29, 0.717) is 25.8 Å². The average molecular weight is 415 g/mol. The first-order valence-electron chi connectivity index (χ1n) is 8.91. The maximum Gasteiger partial charge on any atom is 0.416 e. The third-order valence-electron chi connectivity index (χ3n) is 4.66. The molecule has 2 N–H and O–H groups in total. The standard InChI is InChI=1S/C19H21F3N2O3S/c20-19(21,22)16-7-4-8-17(13-16)28(25,26)23-18(15-5-2-1-3-6-15)14-24-9-11-27-12-10-24/h1-8,13,18,23H,9-12,14H2/p+1/t18-/m0/s1. The van der Waals surface area contributed by atoms with E-state index in [1.54, 1.807) is 24.3 Å². The van der Waals surface area contributed by atoms with Gasteiger partial charge in [0, 0.05) is 0 Å². The molecule has 0 radical (unpaired) electrons. The highest BCUT2D eigenvalue weighted by molar-refractivity contribution is 7.89. The van der Waals surface area contributed by atoms with Gasteiger partial charge in [0.25, 0.3) is 0 Å². The summed E-state index contributed by atoms with van der Waals surface area (Å²) in [6.45, 7) is 3.16. The molecule has 28 heavy (non-hydrogen) atoms. The number of halogens is 3. The van der Waals surface area contributed by atoms with Crippen molar-refractivity contribution >= 4 is 10.0 Å². The van der Waals surface area contributed by atoms with Crippen LogP contribution in [0, 0.1) is 0 Å². The highest BCUT2D eigenvalue weighted by atomic mass is 32.2. The van der Waals surface area contributed by atoms with Gasteiger partial charge < -0.3 is 9.64 Å². The van der Waals surface area contributed by atoms with E-state index in [0.717, 1.165) is 30.8 Å². The van der Waals surface area contributed by atoms with Crippen molar-refractivity contribution in [2.45, 2.75) is 17.1 Å². The zero-order valence-corrected chi connectivity index (χ0v) is 15.9. The normalized spacial score (nSPS) is 17.4. The van der Waals surface area contributed by atoms with E-state index < -0.39 is 32.7 Å². The summed E-state index contributed by atoms with van der Waals surface area (Å²) < 4.78 is 72.5. The second kappa shape index (κ2) is 8.60. The maximum absolute atomic E-state index is 13.0. The number of ether oxygens (including phenoxy) is 1. The quantitative estimate of drug-likeness (QED) is 0.754. The van der Waals surface area contributed by atoms with Gasteiger partial charge in [0.1, 0.15) is 13.1 Å². The predicted molar refractivity (Wildman–Crippen MR) is 97.3 cm³/mol. The van der Waals surface area contributed by atoms with Crippen LogP contribution in [-0.2, 0) is 20.9 Å². The van der Waals surface area contributed by atoms with E-state index in [1.807, 2.05) is 6.07 Å². The molecule has 0 spiro atoms. The van der Waals surface area contributed by atoms with Crippen LogP contribution in [0.4, 0.5) is 13.2 Å².